The molecule has 0 bridgehead atoms. The third-order valence-electron chi connectivity index (χ3n) is 4.76. The number of esters is 1. The molecule has 0 atom stereocenters. The molecule has 152 valence electrons. The van der Waals surface area contributed by atoms with Gasteiger partial charge in [-0.1, -0.05) is 6.07 Å². The van der Waals surface area contributed by atoms with Gasteiger partial charge in [-0.2, -0.15) is 0 Å². The van der Waals surface area contributed by atoms with Crippen molar-refractivity contribution in [3.05, 3.63) is 70.9 Å². The Balaban J connectivity index is 1.77. The SMILES string of the molecule is COC(=O)c1nnc(-c2c(F)cccc2F)cc1Nc1ccc2c(c1)CN(C)C2=O. The molecule has 1 aromatic heterocycles. The highest BCUT2D eigenvalue weighted by Crippen LogP contribution is 2.30. The van der Waals surface area contributed by atoms with Crippen LogP contribution in [0, 0.1) is 11.6 Å². The second-order valence-electron chi connectivity index (χ2n) is 6.74. The highest BCUT2D eigenvalue weighted by molar-refractivity contribution is 5.99. The highest BCUT2D eigenvalue weighted by Gasteiger charge is 2.25. The maximum atomic E-state index is 14.2. The fourth-order valence-electron chi connectivity index (χ4n) is 3.30. The molecule has 2 aromatic carbocycles. The molecule has 1 amide bonds. The van der Waals surface area contributed by atoms with E-state index in [9.17, 15) is 18.4 Å². The van der Waals surface area contributed by atoms with Crippen LogP contribution in [0.3, 0.4) is 0 Å². The zero-order valence-electron chi connectivity index (χ0n) is 16.1. The zero-order valence-corrected chi connectivity index (χ0v) is 16.1. The summed E-state index contributed by atoms with van der Waals surface area (Å²) in [7, 11) is 2.89. The van der Waals surface area contributed by atoms with Crippen molar-refractivity contribution in [1.29, 1.82) is 0 Å². The Bertz CT molecular complexity index is 1160. The van der Waals surface area contributed by atoms with Gasteiger partial charge in [0.15, 0.2) is 5.69 Å². The summed E-state index contributed by atoms with van der Waals surface area (Å²) in [6.07, 6.45) is 0. The maximum Gasteiger partial charge on any atom is 0.360 e. The lowest BCUT2D eigenvalue weighted by molar-refractivity contribution is 0.0593. The molecule has 0 fully saturated rings. The summed E-state index contributed by atoms with van der Waals surface area (Å²) >= 11 is 0. The minimum atomic E-state index is -0.805. The van der Waals surface area contributed by atoms with Crippen molar-refractivity contribution in [2.75, 3.05) is 19.5 Å². The normalized spacial score (nSPS) is 12.7. The van der Waals surface area contributed by atoms with E-state index >= 15 is 0 Å². The minimum absolute atomic E-state index is 0.0744. The predicted octanol–water partition coefficient (Wildman–Crippen LogP) is 3.54. The molecule has 7 nitrogen and oxygen atoms in total. The van der Waals surface area contributed by atoms with Crippen LogP contribution in [-0.2, 0) is 11.3 Å². The van der Waals surface area contributed by atoms with Crippen LogP contribution < -0.4 is 5.32 Å². The van der Waals surface area contributed by atoms with Gasteiger partial charge in [0, 0.05) is 24.8 Å². The van der Waals surface area contributed by atoms with Gasteiger partial charge < -0.3 is 15.0 Å². The number of aromatic nitrogens is 2. The molecule has 0 aliphatic carbocycles. The first-order chi connectivity index (χ1) is 14.4. The molecule has 2 heterocycles. The number of ether oxygens (including phenoxy) is 1. The highest BCUT2D eigenvalue weighted by atomic mass is 19.1. The molecule has 30 heavy (non-hydrogen) atoms. The first-order valence-electron chi connectivity index (χ1n) is 8.95. The summed E-state index contributed by atoms with van der Waals surface area (Å²) in [5.74, 6) is -2.45. The van der Waals surface area contributed by atoms with E-state index < -0.39 is 17.6 Å². The smallest absolute Gasteiger partial charge is 0.360 e. The summed E-state index contributed by atoms with van der Waals surface area (Å²) < 4.78 is 33.1. The Morgan fingerprint density at radius 1 is 1.13 bits per heavy atom. The molecule has 3 aromatic rings. The van der Waals surface area contributed by atoms with Gasteiger partial charge in [-0.25, -0.2) is 13.6 Å². The molecule has 0 saturated carbocycles. The quantitative estimate of drug-likeness (QED) is 0.663. The molecular weight excluding hydrogens is 394 g/mol. The number of rotatable bonds is 4. The zero-order chi connectivity index (χ0) is 21.4. The molecule has 1 aliphatic heterocycles. The number of nitrogens with zero attached hydrogens (tertiary/aromatic N) is 3. The fraction of sp³-hybridized carbons (Fsp3) is 0.143. The summed E-state index contributed by atoms with van der Waals surface area (Å²) in [4.78, 5) is 25.8. The minimum Gasteiger partial charge on any atom is -0.464 e. The molecule has 0 radical (unpaired) electrons. The number of fused-ring (bicyclic) bond motifs is 1. The van der Waals surface area contributed by atoms with Crippen molar-refractivity contribution in [2.45, 2.75) is 6.54 Å². The Hall–Kier alpha value is -3.88. The van der Waals surface area contributed by atoms with E-state index in [0.29, 0.717) is 17.8 Å². The Morgan fingerprint density at radius 2 is 1.87 bits per heavy atom. The van der Waals surface area contributed by atoms with Crippen LogP contribution in [-0.4, -0.2) is 41.1 Å². The van der Waals surface area contributed by atoms with Crippen molar-refractivity contribution in [3.8, 4) is 11.3 Å². The van der Waals surface area contributed by atoms with Gasteiger partial charge in [0.2, 0.25) is 0 Å². The largest absolute Gasteiger partial charge is 0.464 e. The molecule has 0 spiro atoms. The van der Waals surface area contributed by atoms with Gasteiger partial charge in [-0.15, -0.1) is 10.2 Å². The van der Waals surface area contributed by atoms with Gasteiger partial charge in [0.25, 0.3) is 5.91 Å². The molecule has 0 unspecified atom stereocenters. The Morgan fingerprint density at radius 3 is 2.57 bits per heavy atom. The van der Waals surface area contributed by atoms with Gasteiger partial charge in [-0.05, 0) is 42.0 Å². The van der Waals surface area contributed by atoms with Crippen LogP contribution >= 0.6 is 0 Å². The average molecular weight is 410 g/mol. The number of halogens is 2. The van der Waals surface area contributed by atoms with E-state index in [0.717, 1.165) is 17.7 Å². The molecular formula is C21H16F2N4O3. The van der Waals surface area contributed by atoms with Gasteiger partial charge in [0.1, 0.15) is 17.3 Å². The number of anilines is 2. The maximum absolute atomic E-state index is 14.2. The lowest BCUT2D eigenvalue weighted by Crippen LogP contribution is -2.17. The van der Waals surface area contributed by atoms with Crippen LogP contribution in [0.5, 0.6) is 0 Å². The number of benzene rings is 2. The van der Waals surface area contributed by atoms with Crippen molar-refractivity contribution in [1.82, 2.24) is 15.1 Å². The molecule has 9 heteroatoms. The Kier molecular flexibility index (Phi) is 4.86. The monoisotopic (exact) mass is 410 g/mol. The van der Waals surface area contributed by atoms with E-state index in [1.165, 1.54) is 19.2 Å². The summed E-state index contributed by atoms with van der Waals surface area (Å²) in [5.41, 5.74) is 1.55. The summed E-state index contributed by atoms with van der Waals surface area (Å²) in [6, 6.07) is 9.89. The summed E-state index contributed by atoms with van der Waals surface area (Å²) in [5, 5.41) is 10.6. The summed E-state index contributed by atoms with van der Waals surface area (Å²) in [6.45, 7) is 0.452. The molecule has 1 aliphatic rings. The number of amides is 1. The van der Waals surface area contributed by atoms with Crippen LogP contribution in [0.25, 0.3) is 11.3 Å². The lowest BCUT2D eigenvalue weighted by Gasteiger charge is -2.12. The standard InChI is InChI=1S/C21H16F2N4O3/c1-27-10-11-8-12(6-7-13(11)20(27)28)24-17-9-16(25-26-19(17)21(29)30-2)18-14(22)4-3-5-15(18)23/h3-9H,10H2,1-2H3,(H,24,25). The number of nitrogens with one attached hydrogen (secondary N) is 1. The van der Waals surface area contributed by atoms with E-state index in [-0.39, 0.29) is 28.5 Å². The van der Waals surface area contributed by atoms with Gasteiger partial charge in [-0.3, -0.25) is 4.79 Å². The second-order valence-corrected chi connectivity index (χ2v) is 6.74. The van der Waals surface area contributed by atoms with Crippen LogP contribution in [0.4, 0.5) is 20.2 Å². The Labute approximate surface area is 170 Å². The first kappa shape index (κ1) is 19.4. The lowest BCUT2D eigenvalue weighted by atomic mass is 10.1. The number of hydrogen-bond donors (Lipinski definition) is 1. The van der Waals surface area contributed by atoms with Crippen molar-refractivity contribution in [3.63, 3.8) is 0 Å². The number of methoxy groups -OCH3 is 1. The molecule has 0 saturated heterocycles. The first-order valence-corrected chi connectivity index (χ1v) is 8.95. The predicted molar refractivity (Wildman–Crippen MR) is 104 cm³/mol. The van der Waals surface area contributed by atoms with Crippen molar-refractivity contribution in [2.24, 2.45) is 0 Å². The third kappa shape index (κ3) is 3.34. The van der Waals surface area contributed by atoms with Gasteiger partial charge >= 0.3 is 5.97 Å². The molecule has 4 rings (SSSR count). The van der Waals surface area contributed by atoms with Gasteiger partial charge in [0.05, 0.1) is 18.4 Å². The average Bonchev–Trinajstić information content (AvgIpc) is 3.00. The molecule has 1 N–H and O–H groups in total. The van der Waals surface area contributed by atoms with E-state index in [1.54, 1.807) is 30.1 Å². The van der Waals surface area contributed by atoms with E-state index in [2.05, 4.69) is 15.5 Å². The van der Waals surface area contributed by atoms with E-state index in [1.807, 2.05) is 0 Å². The number of hydrogen-bond acceptors (Lipinski definition) is 6. The fourth-order valence-corrected chi connectivity index (χ4v) is 3.30. The van der Waals surface area contributed by atoms with E-state index in [4.69, 9.17) is 4.74 Å². The van der Waals surface area contributed by atoms with Crippen molar-refractivity contribution >= 4 is 23.3 Å². The van der Waals surface area contributed by atoms with Crippen LogP contribution in [0.1, 0.15) is 26.4 Å². The number of carbonyl (C=O) groups excluding carboxylic acids is 2. The van der Waals surface area contributed by atoms with Crippen LogP contribution in [0.2, 0.25) is 0 Å². The topological polar surface area (TPSA) is 84.4 Å². The second kappa shape index (κ2) is 7.51. The van der Waals surface area contributed by atoms with Crippen LogP contribution in [0.15, 0.2) is 42.5 Å². The van der Waals surface area contributed by atoms with Crippen molar-refractivity contribution < 1.29 is 23.1 Å². The third-order valence-corrected chi connectivity index (χ3v) is 4.76. The number of carbonyl (C=O) groups is 2.